The lowest BCUT2D eigenvalue weighted by atomic mass is 9.87. The minimum Gasteiger partial charge on any atom is -0.497 e. The molecule has 8 nitrogen and oxygen atoms in total. The SMILES string of the molecule is COc1ccc(N(c2ccc(C#Cc3sc(-c4sc(B5OC(C)(C)C(C)(C)O5)cc4C)cc3C)cc2)c2ccc(OC)cc2)cc1.COc1ccc(N(c2ccc(C#Cc3sc(-c4sccc4C)cc3C)cc2)c2ccc(OC)cc2)cc1. The van der Waals surface area contributed by atoms with Gasteiger partial charge in [-0.15, -0.1) is 45.3 Å². The number of anilines is 6. The summed E-state index contributed by atoms with van der Waals surface area (Å²) in [4.78, 5) is 11.7. The van der Waals surface area contributed by atoms with E-state index in [1.165, 1.54) is 41.8 Å². The summed E-state index contributed by atoms with van der Waals surface area (Å²) in [6, 6.07) is 57.9. The van der Waals surface area contributed by atoms with Crippen molar-refractivity contribution in [3.63, 3.8) is 0 Å². The van der Waals surface area contributed by atoms with Crippen LogP contribution in [0.4, 0.5) is 34.1 Å². The van der Waals surface area contributed by atoms with E-state index in [0.717, 1.165) is 82.8 Å². The molecule has 10 aromatic rings. The highest BCUT2D eigenvalue weighted by Crippen LogP contribution is 2.42. The van der Waals surface area contributed by atoms with Crippen LogP contribution in [0, 0.1) is 51.4 Å². The number of ether oxygens (including phenoxy) is 4. The average molecular weight is 1170 g/mol. The first-order chi connectivity index (χ1) is 40.0. The number of hydrogen-bond acceptors (Lipinski definition) is 12. The molecule has 1 fully saturated rings. The smallest absolute Gasteiger partial charge is 0.497 e. The van der Waals surface area contributed by atoms with Crippen molar-refractivity contribution in [2.45, 2.75) is 66.6 Å². The molecule has 0 bridgehead atoms. The molecule has 6 aromatic carbocycles. The molecular weight excluding hydrogens is 1100 g/mol. The van der Waals surface area contributed by atoms with Gasteiger partial charge in [-0.25, -0.2) is 0 Å². The first-order valence-corrected chi connectivity index (χ1v) is 30.5. The Morgan fingerprint density at radius 2 is 0.723 bits per heavy atom. The second kappa shape index (κ2) is 25.3. The Labute approximate surface area is 505 Å². The largest absolute Gasteiger partial charge is 0.505 e. The van der Waals surface area contributed by atoms with Crippen LogP contribution in [0.3, 0.4) is 0 Å². The van der Waals surface area contributed by atoms with E-state index in [9.17, 15) is 0 Å². The third-order valence-electron chi connectivity index (χ3n) is 14.8. The fourth-order valence-electron chi connectivity index (χ4n) is 9.35. The van der Waals surface area contributed by atoms with Crippen LogP contribution < -0.4 is 33.5 Å². The molecule has 418 valence electrons. The van der Waals surface area contributed by atoms with Gasteiger partial charge in [0.25, 0.3) is 0 Å². The van der Waals surface area contributed by atoms with E-state index >= 15 is 0 Å². The molecule has 1 aliphatic rings. The summed E-state index contributed by atoms with van der Waals surface area (Å²) in [7, 11) is 6.36. The average Bonchev–Trinajstić information content (AvgIpc) is 3.22. The molecule has 4 aromatic heterocycles. The maximum absolute atomic E-state index is 6.32. The Morgan fingerprint density at radius 1 is 0.386 bits per heavy atom. The van der Waals surface area contributed by atoms with E-state index in [1.54, 1.807) is 73.8 Å². The molecule has 0 radical (unpaired) electrons. The first kappa shape index (κ1) is 58.2. The Kier molecular flexibility index (Phi) is 17.7. The second-order valence-electron chi connectivity index (χ2n) is 21.0. The van der Waals surface area contributed by atoms with Crippen molar-refractivity contribution in [3.8, 4) is 66.2 Å². The molecule has 83 heavy (non-hydrogen) atoms. The summed E-state index contributed by atoms with van der Waals surface area (Å²) in [5.74, 6) is 16.9. The Balaban J connectivity index is 0.000000190. The topological polar surface area (TPSA) is 61.9 Å². The quantitative estimate of drug-likeness (QED) is 0.0836. The highest BCUT2D eigenvalue weighted by molar-refractivity contribution is 7.28. The summed E-state index contributed by atoms with van der Waals surface area (Å²) in [6.07, 6.45) is 0. The van der Waals surface area contributed by atoms with Gasteiger partial charge >= 0.3 is 7.12 Å². The molecule has 11 rings (SSSR count). The molecule has 0 atom stereocenters. The number of aryl methyl sites for hydroxylation is 4. The zero-order valence-electron chi connectivity index (χ0n) is 48.8. The lowest BCUT2D eigenvalue weighted by Gasteiger charge is -2.32. The minimum atomic E-state index is -0.361. The van der Waals surface area contributed by atoms with Crippen molar-refractivity contribution in [1.82, 2.24) is 0 Å². The molecule has 0 amide bonds. The molecule has 13 heteroatoms. The van der Waals surface area contributed by atoms with Crippen molar-refractivity contribution in [2.75, 3.05) is 38.2 Å². The molecule has 1 saturated heterocycles. The van der Waals surface area contributed by atoms with Gasteiger partial charge in [0, 0.05) is 69.5 Å². The van der Waals surface area contributed by atoms with E-state index in [0.29, 0.717) is 0 Å². The Morgan fingerprint density at radius 3 is 1.05 bits per heavy atom. The van der Waals surface area contributed by atoms with Gasteiger partial charge in [-0.05, 0) is 253 Å². The van der Waals surface area contributed by atoms with Gasteiger partial charge in [0.05, 0.1) is 49.4 Å². The highest BCUT2D eigenvalue weighted by atomic mass is 32.1. The molecule has 0 saturated carbocycles. The molecule has 5 heterocycles. The summed E-state index contributed by atoms with van der Waals surface area (Å²) in [5, 5.41) is 2.15. The maximum atomic E-state index is 6.32. The maximum Gasteiger partial charge on any atom is 0.505 e. The zero-order chi connectivity index (χ0) is 58.4. The molecular formula is C70H65BN2O6S4. The van der Waals surface area contributed by atoms with Gasteiger partial charge in [0.15, 0.2) is 0 Å². The van der Waals surface area contributed by atoms with Crippen LogP contribution in [-0.4, -0.2) is 46.8 Å². The van der Waals surface area contributed by atoms with E-state index in [2.05, 4.69) is 216 Å². The lowest BCUT2D eigenvalue weighted by molar-refractivity contribution is 0.00578. The Bertz CT molecular complexity index is 3860. The number of nitrogens with zero attached hydrogens (tertiary/aromatic N) is 2. The van der Waals surface area contributed by atoms with Crippen LogP contribution in [0.2, 0.25) is 0 Å². The Hall–Kier alpha value is -7.98. The monoisotopic (exact) mass is 1170 g/mol. The van der Waals surface area contributed by atoms with Crippen LogP contribution in [0.5, 0.6) is 23.0 Å². The van der Waals surface area contributed by atoms with Crippen molar-refractivity contribution in [3.05, 3.63) is 218 Å². The normalized spacial score (nSPS) is 12.9. The number of thiophene rings is 4. The van der Waals surface area contributed by atoms with Gasteiger partial charge in [-0.2, -0.15) is 0 Å². The second-order valence-corrected chi connectivity index (χ2v) is 25.1. The van der Waals surface area contributed by atoms with Crippen molar-refractivity contribution < 1.29 is 28.3 Å². The number of hydrogen-bond donors (Lipinski definition) is 0. The predicted octanol–water partition coefficient (Wildman–Crippen LogP) is 18.3. The van der Waals surface area contributed by atoms with Gasteiger partial charge < -0.3 is 38.1 Å². The molecule has 1 aliphatic heterocycles. The fourth-order valence-corrected chi connectivity index (χ4v) is 13.8. The van der Waals surface area contributed by atoms with Crippen LogP contribution in [0.1, 0.15) is 70.8 Å². The third-order valence-corrected chi connectivity index (χ3v) is 19.7. The summed E-state index contributed by atoms with van der Waals surface area (Å²) >= 11 is 7.04. The lowest BCUT2D eigenvalue weighted by Crippen LogP contribution is -2.41. The van der Waals surface area contributed by atoms with E-state index in [-0.39, 0.29) is 18.3 Å². The number of rotatable bonds is 13. The van der Waals surface area contributed by atoms with Crippen LogP contribution in [-0.2, 0) is 9.31 Å². The molecule has 0 N–H and O–H groups in total. The van der Waals surface area contributed by atoms with Gasteiger partial charge in [-0.3, -0.25) is 0 Å². The highest BCUT2D eigenvalue weighted by Gasteiger charge is 2.52. The fraction of sp³-hybridized carbons (Fsp3) is 0.200. The van der Waals surface area contributed by atoms with Crippen LogP contribution >= 0.6 is 45.3 Å². The van der Waals surface area contributed by atoms with Gasteiger partial charge in [-0.1, -0.05) is 23.7 Å². The summed E-state index contributed by atoms with van der Waals surface area (Å²) < 4.78 is 35.2. The molecule has 0 unspecified atom stereocenters. The third kappa shape index (κ3) is 13.1. The molecule has 0 spiro atoms. The molecule has 0 aliphatic carbocycles. The summed E-state index contributed by atoms with van der Waals surface area (Å²) in [6.45, 7) is 16.9. The van der Waals surface area contributed by atoms with Crippen LogP contribution in [0.25, 0.3) is 19.5 Å². The van der Waals surface area contributed by atoms with Crippen molar-refractivity contribution >= 4 is 91.4 Å². The van der Waals surface area contributed by atoms with E-state index in [4.69, 9.17) is 28.3 Å². The van der Waals surface area contributed by atoms with Crippen molar-refractivity contribution in [1.29, 1.82) is 0 Å². The van der Waals surface area contributed by atoms with Crippen molar-refractivity contribution in [2.24, 2.45) is 0 Å². The minimum absolute atomic E-state index is 0.351. The van der Waals surface area contributed by atoms with Gasteiger partial charge in [0.1, 0.15) is 23.0 Å². The zero-order valence-corrected chi connectivity index (χ0v) is 52.1. The number of benzene rings is 6. The predicted molar refractivity (Wildman–Crippen MR) is 350 cm³/mol. The van der Waals surface area contributed by atoms with E-state index < -0.39 is 0 Å². The standard InChI is InChI=1S/C38H38BNO4S2.C32H27NO2S2/c1-25-23-34(36-26(2)24-35(46-36)39-43-37(3,4)38(5,6)44-39)45-33(25)22-11-27-9-12-28(13-10-27)40(29-14-18-31(41-7)19-15-29)30-16-20-32(42-8)21-17-30;1-22-19-20-36-32(22)31-21-23(2)30(37-31)18-7-24-5-8-25(9-6-24)33(26-10-14-28(34-3)15-11-26)27-12-16-29(35-4)17-13-27/h9-10,12-21,23-24H,1-8H3;5-6,8-17,19-21H,1-4H3. The first-order valence-electron chi connectivity index (χ1n) is 27.2. The van der Waals surface area contributed by atoms with Crippen LogP contribution in [0.15, 0.2) is 175 Å². The summed E-state index contributed by atoms with van der Waals surface area (Å²) in [5.41, 5.74) is 12.4. The number of methoxy groups -OCH3 is 4. The van der Waals surface area contributed by atoms with Gasteiger partial charge in [0.2, 0.25) is 0 Å². The van der Waals surface area contributed by atoms with E-state index in [1.807, 2.05) is 48.5 Å².